The van der Waals surface area contributed by atoms with E-state index in [0.29, 0.717) is 12.5 Å². The SMILES string of the molecule is OCCCc1cc(-c2cncn2C2CC2)no1. The van der Waals surface area contributed by atoms with E-state index in [0.717, 1.165) is 23.6 Å². The Morgan fingerprint density at radius 1 is 1.47 bits per heavy atom. The van der Waals surface area contributed by atoms with E-state index in [1.54, 1.807) is 0 Å². The fraction of sp³-hybridized carbons (Fsp3) is 0.500. The number of aromatic nitrogens is 3. The molecule has 5 heteroatoms. The largest absolute Gasteiger partial charge is 0.396 e. The zero-order chi connectivity index (χ0) is 11.7. The first-order valence-electron chi connectivity index (χ1n) is 5.97. The summed E-state index contributed by atoms with van der Waals surface area (Å²) < 4.78 is 7.40. The minimum atomic E-state index is 0.177. The third-order valence-corrected chi connectivity index (χ3v) is 3.01. The average molecular weight is 233 g/mol. The third kappa shape index (κ3) is 2.10. The van der Waals surface area contributed by atoms with Crippen LogP contribution in [0, 0.1) is 0 Å². The van der Waals surface area contributed by atoms with Gasteiger partial charge in [-0.15, -0.1) is 0 Å². The number of hydrogen-bond acceptors (Lipinski definition) is 4. The van der Waals surface area contributed by atoms with E-state index in [2.05, 4.69) is 14.7 Å². The van der Waals surface area contributed by atoms with Gasteiger partial charge in [-0.2, -0.15) is 0 Å². The maximum Gasteiger partial charge on any atom is 0.137 e. The van der Waals surface area contributed by atoms with Gasteiger partial charge in [0.1, 0.15) is 11.5 Å². The van der Waals surface area contributed by atoms with E-state index in [1.165, 1.54) is 12.8 Å². The van der Waals surface area contributed by atoms with Crippen LogP contribution in [0.1, 0.15) is 31.1 Å². The Labute approximate surface area is 99.1 Å². The molecule has 0 aliphatic heterocycles. The summed E-state index contributed by atoms with van der Waals surface area (Å²) in [5, 5.41) is 12.8. The molecule has 1 fully saturated rings. The zero-order valence-electron chi connectivity index (χ0n) is 9.54. The van der Waals surface area contributed by atoms with Gasteiger partial charge in [0.25, 0.3) is 0 Å². The molecule has 0 saturated heterocycles. The number of nitrogens with zero attached hydrogens (tertiary/aromatic N) is 3. The molecule has 3 rings (SSSR count). The number of aliphatic hydroxyl groups is 1. The molecule has 0 spiro atoms. The molecule has 0 amide bonds. The lowest BCUT2D eigenvalue weighted by Crippen LogP contribution is -1.94. The molecular weight excluding hydrogens is 218 g/mol. The monoisotopic (exact) mass is 233 g/mol. The zero-order valence-corrected chi connectivity index (χ0v) is 9.54. The molecule has 5 nitrogen and oxygen atoms in total. The van der Waals surface area contributed by atoms with Crippen molar-refractivity contribution in [1.29, 1.82) is 0 Å². The highest BCUT2D eigenvalue weighted by Crippen LogP contribution is 2.37. The van der Waals surface area contributed by atoms with Crippen LogP contribution in [0.3, 0.4) is 0 Å². The minimum absolute atomic E-state index is 0.177. The van der Waals surface area contributed by atoms with Crippen molar-refractivity contribution in [1.82, 2.24) is 14.7 Å². The molecule has 2 aromatic heterocycles. The summed E-state index contributed by atoms with van der Waals surface area (Å²) in [5.41, 5.74) is 1.86. The molecule has 1 saturated carbocycles. The fourth-order valence-corrected chi connectivity index (χ4v) is 1.95. The maximum absolute atomic E-state index is 8.77. The molecule has 1 N–H and O–H groups in total. The number of aliphatic hydroxyl groups excluding tert-OH is 1. The van der Waals surface area contributed by atoms with Gasteiger partial charge in [-0.05, 0) is 19.3 Å². The summed E-state index contributed by atoms with van der Waals surface area (Å²) in [6.07, 6.45) is 7.55. The first-order chi connectivity index (χ1) is 8.38. The lowest BCUT2D eigenvalue weighted by atomic mass is 10.2. The van der Waals surface area contributed by atoms with E-state index >= 15 is 0 Å². The van der Waals surface area contributed by atoms with E-state index in [9.17, 15) is 0 Å². The van der Waals surface area contributed by atoms with Crippen molar-refractivity contribution >= 4 is 0 Å². The van der Waals surface area contributed by atoms with Gasteiger partial charge < -0.3 is 14.2 Å². The number of imidazole rings is 1. The topological polar surface area (TPSA) is 64.1 Å². The lowest BCUT2D eigenvalue weighted by Gasteiger charge is -2.01. The molecule has 17 heavy (non-hydrogen) atoms. The highest BCUT2D eigenvalue weighted by atomic mass is 16.5. The van der Waals surface area contributed by atoms with Crippen molar-refractivity contribution in [3.63, 3.8) is 0 Å². The predicted octanol–water partition coefficient (Wildman–Crippen LogP) is 1.80. The molecule has 1 aliphatic rings. The minimum Gasteiger partial charge on any atom is -0.396 e. The number of rotatable bonds is 5. The average Bonchev–Trinajstić information content (AvgIpc) is 2.91. The molecule has 2 heterocycles. The number of hydrogen-bond donors (Lipinski definition) is 1. The molecule has 0 atom stereocenters. The van der Waals surface area contributed by atoms with Gasteiger partial charge in [0, 0.05) is 25.1 Å². The molecule has 90 valence electrons. The summed E-state index contributed by atoms with van der Waals surface area (Å²) in [7, 11) is 0. The molecular formula is C12H15N3O2. The Balaban J connectivity index is 1.82. The Hall–Kier alpha value is -1.62. The van der Waals surface area contributed by atoms with Crippen LogP contribution in [0.4, 0.5) is 0 Å². The van der Waals surface area contributed by atoms with Crippen molar-refractivity contribution in [3.05, 3.63) is 24.4 Å². The smallest absolute Gasteiger partial charge is 0.137 e. The Bertz CT molecular complexity index is 499. The van der Waals surface area contributed by atoms with E-state index in [4.69, 9.17) is 9.63 Å². The summed E-state index contributed by atoms with van der Waals surface area (Å²) in [6, 6.07) is 2.52. The molecule has 2 aromatic rings. The van der Waals surface area contributed by atoms with Crippen molar-refractivity contribution in [3.8, 4) is 11.4 Å². The fourth-order valence-electron chi connectivity index (χ4n) is 1.95. The van der Waals surface area contributed by atoms with Gasteiger partial charge in [-0.1, -0.05) is 5.16 Å². The molecule has 1 aliphatic carbocycles. The van der Waals surface area contributed by atoms with Crippen molar-refractivity contribution in [2.75, 3.05) is 6.61 Å². The van der Waals surface area contributed by atoms with Crippen LogP contribution in [0.2, 0.25) is 0 Å². The second-order valence-corrected chi connectivity index (χ2v) is 4.42. The molecule has 0 aromatic carbocycles. The highest BCUT2D eigenvalue weighted by molar-refractivity contribution is 5.53. The normalized spacial score (nSPS) is 15.4. The maximum atomic E-state index is 8.77. The summed E-state index contributed by atoms with van der Waals surface area (Å²) in [6.45, 7) is 0.177. The summed E-state index contributed by atoms with van der Waals surface area (Å²) >= 11 is 0. The Morgan fingerprint density at radius 3 is 3.12 bits per heavy atom. The van der Waals surface area contributed by atoms with Crippen LogP contribution in [-0.2, 0) is 6.42 Å². The first kappa shape index (κ1) is 10.5. The van der Waals surface area contributed by atoms with E-state index in [1.807, 2.05) is 18.6 Å². The van der Waals surface area contributed by atoms with Crippen LogP contribution in [0.5, 0.6) is 0 Å². The van der Waals surface area contributed by atoms with Crippen molar-refractivity contribution in [2.45, 2.75) is 31.7 Å². The number of aryl methyl sites for hydroxylation is 1. The van der Waals surface area contributed by atoms with Gasteiger partial charge in [0.15, 0.2) is 0 Å². The van der Waals surface area contributed by atoms with Crippen LogP contribution in [0.25, 0.3) is 11.4 Å². The standard InChI is InChI=1S/C12H15N3O2/c16-5-1-2-10-6-11(14-17-10)12-7-13-8-15(12)9-3-4-9/h6-9,16H,1-5H2. The van der Waals surface area contributed by atoms with Gasteiger partial charge in [0.2, 0.25) is 0 Å². The second-order valence-electron chi connectivity index (χ2n) is 4.42. The van der Waals surface area contributed by atoms with Crippen molar-refractivity contribution < 1.29 is 9.63 Å². The van der Waals surface area contributed by atoms with Gasteiger partial charge in [-0.3, -0.25) is 0 Å². The van der Waals surface area contributed by atoms with Crippen molar-refractivity contribution in [2.24, 2.45) is 0 Å². The second kappa shape index (κ2) is 4.33. The summed E-state index contributed by atoms with van der Waals surface area (Å²) in [5.74, 6) is 0.817. The first-order valence-corrected chi connectivity index (χ1v) is 5.97. The Kier molecular flexibility index (Phi) is 2.68. The van der Waals surface area contributed by atoms with Crippen LogP contribution >= 0.6 is 0 Å². The Morgan fingerprint density at radius 2 is 2.35 bits per heavy atom. The highest BCUT2D eigenvalue weighted by Gasteiger charge is 2.26. The van der Waals surface area contributed by atoms with Gasteiger partial charge in [-0.25, -0.2) is 4.98 Å². The van der Waals surface area contributed by atoms with Gasteiger partial charge in [0.05, 0.1) is 18.2 Å². The molecule has 0 unspecified atom stereocenters. The predicted molar refractivity (Wildman–Crippen MR) is 61.4 cm³/mol. The van der Waals surface area contributed by atoms with Crippen LogP contribution < -0.4 is 0 Å². The molecule has 0 radical (unpaired) electrons. The van der Waals surface area contributed by atoms with Gasteiger partial charge >= 0.3 is 0 Å². The summed E-state index contributed by atoms with van der Waals surface area (Å²) in [4.78, 5) is 4.17. The van der Waals surface area contributed by atoms with Crippen LogP contribution in [0.15, 0.2) is 23.1 Å². The van der Waals surface area contributed by atoms with E-state index in [-0.39, 0.29) is 6.61 Å². The third-order valence-electron chi connectivity index (χ3n) is 3.01. The quantitative estimate of drug-likeness (QED) is 0.855. The van der Waals surface area contributed by atoms with E-state index < -0.39 is 0 Å². The lowest BCUT2D eigenvalue weighted by molar-refractivity contribution is 0.280. The van der Waals surface area contributed by atoms with Crippen LogP contribution in [-0.4, -0.2) is 26.4 Å². The molecule has 0 bridgehead atoms.